The molecule has 0 aliphatic carbocycles. The Morgan fingerprint density at radius 3 is 2.63 bits per heavy atom. The molecule has 2 amide bonds. The molecule has 0 bridgehead atoms. The highest BCUT2D eigenvalue weighted by molar-refractivity contribution is 6.45. The van der Waals surface area contributed by atoms with Gasteiger partial charge < -0.3 is 9.73 Å². The van der Waals surface area contributed by atoms with Crippen molar-refractivity contribution in [2.75, 3.05) is 5.32 Å². The summed E-state index contributed by atoms with van der Waals surface area (Å²) in [6.45, 7) is 0. The van der Waals surface area contributed by atoms with Crippen molar-refractivity contribution in [1.29, 1.82) is 0 Å². The zero-order valence-electron chi connectivity index (χ0n) is 13.5. The van der Waals surface area contributed by atoms with Gasteiger partial charge in [-0.15, -0.1) is 0 Å². The minimum atomic E-state index is -1.05. The zero-order valence-corrected chi connectivity index (χ0v) is 15.0. The Labute approximate surface area is 162 Å². The monoisotopic (exact) mass is 403 g/mol. The molecule has 27 heavy (non-hydrogen) atoms. The number of fused-ring (bicyclic) bond motifs is 1. The van der Waals surface area contributed by atoms with Crippen LogP contribution in [-0.4, -0.2) is 18.0 Å². The van der Waals surface area contributed by atoms with E-state index in [0.717, 1.165) is 6.21 Å². The number of para-hydroxylation sites is 1. The number of hydrogen-bond donors (Lipinski definition) is 2. The fourth-order valence-electron chi connectivity index (χ4n) is 2.17. The summed E-state index contributed by atoms with van der Waals surface area (Å²) in [6, 6.07) is 11.3. The topological polar surface area (TPSA) is 101 Å². The molecule has 0 fully saturated rings. The lowest BCUT2D eigenvalue weighted by atomic mass is 10.2. The Hall–Kier alpha value is -3.16. The lowest BCUT2D eigenvalue weighted by Crippen LogP contribution is -2.32. The van der Waals surface area contributed by atoms with Gasteiger partial charge >= 0.3 is 11.8 Å². The molecule has 1 heterocycles. The summed E-state index contributed by atoms with van der Waals surface area (Å²) in [5, 5.41) is 6.64. The minimum absolute atomic E-state index is 0.109. The molecule has 9 heteroatoms. The summed E-state index contributed by atoms with van der Waals surface area (Å²) in [5.74, 6) is -2.05. The van der Waals surface area contributed by atoms with E-state index in [9.17, 15) is 14.4 Å². The van der Waals surface area contributed by atoms with Gasteiger partial charge in [0.2, 0.25) is 5.43 Å². The van der Waals surface area contributed by atoms with Crippen LogP contribution in [-0.2, 0) is 9.59 Å². The van der Waals surface area contributed by atoms with Gasteiger partial charge in [0, 0.05) is 0 Å². The standard InChI is InChI=1S/C18H11Cl2N3O4/c19-12-5-3-6-13(15(12)20)22-17(25)18(26)23-21-8-10-9-27-14-7-2-1-4-11(14)16(10)24/h1-9H,(H,22,25)(H,23,26)/b21-8-. The third-order valence-electron chi connectivity index (χ3n) is 3.48. The second-order valence-electron chi connectivity index (χ2n) is 5.27. The van der Waals surface area contributed by atoms with Gasteiger partial charge in [-0.3, -0.25) is 14.4 Å². The molecule has 3 rings (SSSR count). The highest BCUT2D eigenvalue weighted by Crippen LogP contribution is 2.29. The summed E-state index contributed by atoms with van der Waals surface area (Å²) in [6.07, 6.45) is 2.31. The van der Waals surface area contributed by atoms with Crippen LogP contribution >= 0.6 is 23.2 Å². The molecule has 0 aliphatic heterocycles. The van der Waals surface area contributed by atoms with Gasteiger partial charge in [0.25, 0.3) is 0 Å². The van der Waals surface area contributed by atoms with Crippen molar-refractivity contribution in [2.45, 2.75) is 0 Å². The van der Waals surface area contributed by atoms with Crippen LogP contribution in [0, 0.1) is 0 Å². The third kappa shape index (κ3) is 4.16. The molecule has 3 aromatic rings. The van der Waals surface area contributed by atoms with E-state index >= 15 is 0 Å². The van der Waals surface area contributed by atoms with Gasteiger partial charge in [-0.2, -0.15) is 5.10 Å². The third-order valence-corrected chi connectivity index (χ3v) is 4.30. The number of rotatable bonds is 3. The molecule has 0 atom stereocenters. The summed E-state index contributed by atoms with van der Waals surface area (Å²) in [4.78, 5) is 36.0. The van der Waals surface area contributed by atoms with Crippen LogP contribution in [0.2, 0.25) is 10.0 Å². The van der Waals surface area contributed by atoms with Gasteiger partial charge in [0.15, 0.2) is 0 Å². The first kappa shape index (κ1) is 18.6. The van der Waals surface area contributed by atoms with E-state index < -0.39 is 11.8 Å². The Bertz CT molecular complexity index is 1130. The summed E-state index contributed by atoms with van der Waals surface area (Å²) in [5.41, 5.74) is 2.44. The Morgan fingerprint density at radius 1 is 1.04 bits per heavy atom. The second kappa shape index (κ2) is 8.03. The lowest BCUT2D eigenvalue weighted by molar-refractivity contribution is -0.136. The van der Waals surface area contributed by atoms with E-state index in [1.165, 1.54) is 12.3 Å². The van der Waals surface area contributed by atoms with Crippen LogP contribution in [0.1, 0.15) is 5.56 Å². The van der Waals surface area contributed by atoms with Crippen molar-refractivity contribution in [3.8, 4) is 0 Å². The molecule has 2 aromatic carbocycles. The smallest absolute Gasteiger partial charge is 0.329 e. The van der Waals surface area contributed by atoms with E-state index in [2.05, 4.69) is 10.4 Å². The van der Waals surface area contributed by atoms with Gasteiger partial charge in [0.1, 0.15) is 11.8 Å². The van der Waals surface area contributed by atoms with Crippen molar-refractivity contribution in [3.63, 3.8) is 0 Å². The number of nitrogens with zero attached hydrogens (tertiary/aromatic N) is 1. The molecule has 0 radical (unpaired) electrons. The predicted octanol–water partition coefficient (Wildman–Crippen LogP) is 3.19. The van der Waals surface area contributed by atoms with Crippen molar-refractivity contribution in [1.82, 2.24) is 5.43 Å². The fourth-order valence-corrected chi connectivity index (χ4v) is 2.52. The highest BCUT2D eigenvalue weighted by atomic mass is 35.5. The van der Waals surface area contributed by atoms with Crippen LogP contribution in [0.4, 0.5) is 5.69 Å². The minimum Gasteiger partial charge on any atom is -0.463 e. The van der Waals surface area contributed by atoms with Crippen LogP contribution in [0.3, 0.4) is 0 Å². The summed E-state index contributed by atoms with van der Waals surface area (Å²) in [7, 11) is 0. The molecular weight excluding hydrogens is 393 g/mol. The number of carbonyl (C=O) groups excluding carboxylic acids is 2. The van der Waals surface area contributed by atoms with E-state index in [4.69, 9.17) is 27.6 Å². The maximum absolute atomic E-state index is 12.3. The number of halogens is 2. The molecular formula is C18H11Cl2N3O4. The highest BCUT2D eigenvalue weighted by Gasteiger charge is 2.15. The molecule has 2 N–H and O–H groups in total. The Morgan fingerprint density at radius 2 is 1.81 bits per heavy atom. The van der Waals surface area contributed by atoms with Crippen LogP contribution < -0.4 is 16.2 Å². The summed E-state index contributed by atoms with van der Waals surface area (Å²) >= 11 is 11.8. The molecule has 0 saturated carbocycles. The number of nitrogens with one attached hydrogen (secondary N) is 2. The first-order valence-corrected chi connectivity index (χ1v) is 8.32. The average Bonchev–Trinajstić information content (AvgIpc) is 2.67. The van der Waals surface area contributed by atoms with Crippen molar-refractivity contribution < 1.29 is 14.0 Å². The Balaban J connectivity index is 1.68. The quantitative estimate of drug-likeness (QED) is 0.398. The van der Waals surface area contributed by atoms with E-state index in [1.54, 1.807) is 36.4 Å². The maximum atomic E-state index is 12.3. The lowest BCUT2D eigenvalue weighted by Gasteiger charge is -2.06. The van der Waals surface area contributed by atoms with Gasteiger partial charge in [-0.25, -0.2) is 5.43 Å². The number of benzene rings is 2. The Kier molecular flexibility index (Phi) is 5.54. The molecule has 0 saturated heterocycles. The van der Waals surface area contributed by atoms with Crippen LogP contribution in [0.5, 0.6) is 0 Å². The van der Waals surface area contributed by atoms with Crippen LogP contribution in [0.15, 0.2) is 63.0 Å². The van der Waals surface area contributed by atoms with Gasteiger partial charge in [-0.1, -0.05) is 41.4 Å². The normalized spacial score (nSPS) is 10.9. The average molecular weight is 404 g/mol. The van der Waals surface area contributed by atoms with Crippen molar-refractivity contribution in [2.24, 2.45) is 5.10 Å². The molecule has 7 nitrogen and oxygen atoms in total. The number of amides is 2. The number of hydrazone groups is 1. The maximum Gasteiger partial charge on any atom is 0.329 e. The number of carbonyl (C=O) groups is 2. The van der Waals surface area contributed by atoms with E-state index in [-0.39, 0.29) is 26.7 Å². The first-order valence-electron chi connectivity index (χ1n) is 7.56. The van der Waals surface area contributed by atoms with E-state index in [0.29, 0.717) is 11.0 Å². The van der Waals surface area contributed by atoms with Gasteiger partial charge in [0.05, 0.1) is 32.9 Å². The SMILES string of the molecule is O=C(N/N=C\c1coc2ccccc2c1=O)C(=O)Nc1cccc(Cl)c1Cl. The molecule has 0 spiro atoms. The molecule has 0 unspecified atom stereocenters. The number of anilines is 1. The first-order chi connectivity index (χ1) is 13.0. The largest absolute Gasteiger partial charge is 0.463 e. The number of hydrogen-bond acceptors (Lipinski definition) is 5. The fraction of sp³-hybridized carbons (Fsp3) is 0. The molecule has 0 aliphatic rings. The van der Waals surface area contributed by atoms with Crippen LogP contribution in [0.25, 0.3) is 11.0 Å². The zero-order chi connectivity index (χ0) is 19.4. The van der Waals surface area contributed by atoms with Crippen molar-refractivity contribution >= 4 is 57.9 Å². The predicted molar refractivity (Wildman–Crippen MR) is 103 cm³/mol. The van der Waals surface area contributed by atoms with Gasteiger partial charge in [-0.05, 0) is 24.3 Å². The molecule has 136 valence electrons. The van der Waals surface area contributed by atoms with Crippen molar-refractivity contribution in [3.05, 3.63) is 74.6 Å². The van der Waals surface area contributed by atoms with E-state index in [1.807, 2.05) is 5.43 Å². The summed E-state index contributed by atoms with van der Waals surface area (Å²) < 4.78 is 5.32. The molecule has 1 aromatic heterocycles. The second-order valence-corrected chi connectivity index (χ2v) is 6.06.